The molecule has 3 heterocycles. The number of hydrogen-bond donors (Lipinski definition) is 2. The monoisotopic (exact) mass is 316 g/mol. The summed E-state index contributed by atoms with van der Waals surface area (Å²) in [6.07, 6.45) is 6.01. The lowest BCUT2D eigenvalue weighted by Crippen LogP contribution is -2.32. The van der Waals surface area contributed by atoms with E-state index in [0.717, 1.165) is 34.7 Å². The Kier molecular flexibility index (Phi) is 3.50. The van der Waals surface area contributed by atoms with Crippen molar-refractivity contribution in [3.05, 3.63) is 83.4 Å². The number of carbonyl (C=O) groups is 1. The average Bonchev–Trinajstić information content (AvgIpc) is 3.09. The average molecular weight is 316 g/mol. The number of nitrogens with zero attached hydrogens (tertiary/aromatic N) is 1. The summed E-state index contributed by atoms with van der Waals surface area (Å²) in [5.41, 5.74) is 5.75. The van der Waals surface area contributed by atoms with Gasteiger partial charge in [0.05, 0.1) is 11.3 Å². The minimum Gasteiger partial charge on any atom is -0.353 e. The van der Waals surface area contributed by atoms with Crippen molar-refractivity contribution in [1.82, 2.24) is 4.98 Å². The van der Waals surface area contributed by atoms with Gasteiger partial charge in [0.2, 0.25) is 0 Å². The molecule has 3 aromatic rings. The van der Waals surface area contributed by atoms with Crippen LogP contribution in [0.2, 0.25) is 0 Å². The number of carbonyl (C=O) groups excluding carboxylic acids is 1. The summed E-state index contributed by atoms with van der Waals surface area (Å²) in [6.45, 7) is 2.83. The van der Waals surface area contributed by atoms with Crippen molar-refractivity contribution in [1.29, 1.82) is 0 Å². The number of aryl methyl sites for hydroxylation is 1. The van der Waals surface area contributed by atoms with Crippen LogP contribution < -0.4 is 9.88 Å². The Morgan fingerprint density at radius 3 is 2.71 bits per heavy atom. The highest BCUT2D eigenvalue weighted by atomic mass is 16.2. The number of aromatic nitrogens is 2. The van der Waals surface area contributed by atoms with Crippen LogP contribution in [0.15, 0.2) is 60.9 Å². The van der Waals surface area contributed by atoms with Crippen molar-refractivity contribution >= 4 is 23.2 Å². The lowest BCUT2D eigenvalue weighted by atomic mass is 10.1. The number of fused-ring (bicyclic) bond motifs is 1. The highest BCUT2D eigenvalue weighted by Gasteiger charge is 2.23. The van der Waals surface area contributed by atoms with Crippen LogP contribution in [-0.4, -0.2) is 10.9 Å². The van der Waals surface area contributed by atoms with Gasteiger partial charge in [-0.1, -0.05) is 24.3 Å². The van der Waals surface area contributed by atoms with Crippen LogP contribution in [0.1, 0.15) is 22.5 Å². The topological polar surface area (TPSA) is 48.8 Å². The summed E-state index contributed by atoms with van der Waals surface area (Å²) in [6, 6.07) is 15.9. The van der Waals surface area contributed by atoms with E-state index < -0.39 is 0 Å². The van der Waals surface area contributed by atoms with Gasteiger partial charge < -0.3 is 10.3 Å². The predicted octanol–water partition coefficient (Wildman–Crippen LogP) is 3.15. The van der Waals surface area contributed by atoms with Crippen LogP contribution in [0, 0.1) is 6.92 Å². The Morgan fingerprint density at radius 2 is 1.88 bits per heavy atom. The first-order valence-electron chi connectivity index (χ1n) is 7.96. The van der Waals surface area contributed by atoms with Crippen LogP contribution >= 0.6 is 0 Å². The van der Waals surface area contributed by atoms with Crippen molar-refractivity contribution in [3.8, 4) is 0 Å². The van der Waals surface area contributed by atoms with Crippen molar-refractivity contribution in [2.45, 2.75) is 13.5 Å². The summed E-state index contributed by atoms with van der Waals surface area (Å²) in [4.78, 5) is 15.7. The molecule has 0 radical (unpaired) electrons. The van der Waals surface area contributed by atoms with E-state index in [1.54, 1.807) is 0 Å². The number of H-pyrrole nitrogens is 1. The molecule has 1 amide bonds. The van der Waals surface area contributed by atoms with Gasteiger partial charge in [-0.25, -0.2) is 0 Å². The van der Waals surface area contributed by atoms with Gasteiger partial charge in [-0.15, -0.1) is 0 Å². The molecule has 1 aliphatic heterocycles. The number of anilines is 1. The van der Waals surface area contributed by atoms with Gasteiger partial charge in [0.25, 0.3) is 5.91 Å². The van der Waals surface area contributed by atoms with E-state index in [-0.39, 0.29) is 5.91 Å². The molecule has 4 heteroatoms. The molecule has 2 aromatic heterocycles. The molecule has 1 aromatic carbocycles. The molecule has 0 atom stereocenters. The van der Waals surface area contributed by atoms with E-state index in [1.165, 1.54) is 0 Å². The Balaban J connectivity index is 1.67. The first-order valence-corrected chi connectivity index (χ1v) is 7.96. The lowest BCUT2D eigenvalue weighted by molar-refractivity contribution is -0.688. The first-order chi connectivity index (χ1) is 11.7. The zero-order valence-electron chi connectivity index (χ0n) is 13.4. The molecule has 4 nitrogen and oxygen atoms in total. The molecule has 0 spiro atoms. The van der Waals surface area contributed by atoms with Crippen LogP contribution in [0.4, 0.5) is 5.69 Å². The number of nitrogens with one attached hydrogen (secondary N) is 2. The molecule has 0 saturated heterocycles. The van der Waals surface area contributed by atoms with E-state index in [9.17, 15) is 4.79 Å². The van der Waals surface area contributed by atoms with E-state index in [0.29, 0.717) is 5.57 Å². The van der Waals surface area contributed by atoms with Crippen molar-refractivity contribution < 1.29 is 9.36 Å². The predicted molar refractivity (Wildman–Crippen MR) is 94.2 cm³/mol. The molecule has 118 valence electrons. The minimum atomic E-state index is -0.0517. The van der Waals surface area contributed by atoms with E-state index >= 15 is 0 Å². The molecular weight excluding hydrogens is 298 g/mol. The first kappa shape index (κ1) is 14.5. The van der Waals surface area contributed by atoms with Crippen LogP contribution in [0.25, 0.3) is 11.6 Å². The molecule has 0 saturated carbocycles. The Labute approximate surface area is 140 Å². The van der Waals surface area contributed by atoms with E-state index in [2.05, 4.69) is 27.9 Å². The molecule has 1 aliphatic rings. The number of amides is 1. The smallest absolute Gasteiger partial charge is 0.256 e. The van der Waals surface area contributed by atoms with Crippen molar-refractivity contribution in [2.24, 2.45) is 0 Å². The molecule has 0 unspecified atom stereocenters. The summed E-state index contributed by atoms with van der Waals surface area (Å²) < 4.78 is 2.11. The normalized spacial score (nSPS) is 14.7. The number of aromatic amines is 1. The Hall–Kier alpha value is -3.14. The second-order valence-corrected chi connectivity index (χ2v) is 6.00. The lowest BCUT2D eigenvalue weighted by Gasteiger charge is -1.98. The fourth-order valence-electron chi connectivity index (χ4n) is 3.04. The van der Waals surface area contributed by atoms with E-state index in [4.69, 9.17) is 0 Å². The third-order valence-electron chi connectivity index (χ3n) is 4.24. The number of rotatable bonds is 3. The largest absolute Gasteiger partial charge is 0.353 e. The molecule has 24 heavy (non-hydrogen) atoms. The van der Waals surface area contributed by atoms with Gasteiger partial charge in [0.15, 0.2) is 18.9 Å². The van der Waals surface area contributed by atoms with Gasteiger partial charge in [0, 0.05) is 29.1 Å². The third kappa shape index (κ3) is 2.63. The molecular formula is C20H18N3O+. The summed E-state index contributed by atoms with van der Waals surface area (Å²) in [7, 11) is 0. The maximum absolute atomic E-state index is 12.2. The van der Waals surface area contributed by atoms with Crippen LogP contribution in [0.3, 0.4) is 0 Å². The second kappa shape index (κ2) is 5.81. The molecule has 4 rings (SSSR count). The second-order valence-electron chi connectivity index (χ2n) is 6.00. The Bertz CT molecular complexity index is 939. The maximum atomic E-state index is 12.2. The highest BCUT2D eigenvalue weighted by Crippen LogP contribution is 2.32. The third-order valence-corrected chi connectivity index (χ3v) is 4.24. The summed E-state index contributed by atoms with van der Waals surface area (Å²) in [5.74, 6) is -0.0517. The number of pyridine rings is 1. The molecule has 0 bridgehead atoms. The number of para-hydroxylation sites is 1. The highest BCUT2D eigenvalue weighted by molar-refractivity contribution is 6.34. The fourth-order valence-corrected chi connectivity index (χ4v) is 3.04. The summed E-state index contributed by atoms with van der Waals surface area (Å²) in [5, 5.41) is 2.91. The fraction of sp³-hybridized carbons (Fsp3) is 0.100. The van der Waals surface area contributed by atoms with Gasteiger partial charge in [-0.05, 0) is 30.7 Å². The molecule has 0 fully saturated rings. The van der Waals surface area contributed by atoms with Gasteiger partial charge in [-0.2, -0.15) is 4.57 Å². The van der Waals surface area contributed by atoms with E-state index in [1.807, 2.05) is 60.9 Å². The SMILES string of the molecule is Cc1cc(C[n+]2ccccc2)[nH]c1/C=C1\C(=O)Nc2ccccc21. The van der Waals surface area contributed by atoms with Gasteiger partial charge in [0.1, 0.15) is 0 Å². The van der Waals surface area contributed by atoms with Crippen molar-refractivity contribution in [2.75, 3.05) is 5.32 Å². The molecule has 2 N–H and O–H groups in total. The van der Waals surface area contributed by atoms with Crippen LogP contribution in [-0.2, 0) is 11.3 Å². The number of benzene rings is 1. The maximum Gasteiger partial charge on any atom is 0.256 e. The zero-order valence-corrected chi connectivity index (χ0v) is 13.4. The van der Waals surface area contributed by atoms with Crippen LogP contribution in [0.5, 0.6) is 0 Å². The minimum absolute atomic E-state index is 0.0517. The zero-order chi connectivity index (χ0) is 16.5. The molecule has 0 aliphatic carbocycles. The van der Waals surface area contributed by atoms with Gasteiger partial charge in [-0.3, -0.25) is 4.79 Å². The Morgan fingerprint density at radius 1 is 1.08 bits per heavy atom. The van der Waals surface area contributed by atoms with Gasteiger partial charge >= 0.3 is 0 Å². The quantitative estimate of drug-likeness (QED) is 0.566. The summed E-state index contributed by atoms with van der Waals surface area (Å²) >= 11 is 0. The van der Waals surface area contributed by atoms with Crippen molar-refractivity contribution in [3.63, 3.8) is 0 Å². The number of hydrogen-bond acceptors (Lipinski definition) is 1. The standard InChI is InChI=1S/C20H17N3O/c1-14-11-15(13-23-9-5-2-6-10-23)21-19(14)12-17-16-7-3-4-8-18(16)22-20(17)24/h2-12H,13H2,1H3,(H-,21,22,24)/p+1.